The second kappa shape index (κ2) is 6.78. The summed E-state index contributed by atoms with van der Waals surface area (Å²) in [6.45, 7) is 3.31. The van der Waals surface area contributed by atoms with Crippen molar-refractivity contribution in [3.63, 3.8) is 0 Å². The predicted octanol–water partition coefficient (Wildman–Crippen LogP) is 2.85. The Bertz CT molecular complexity index is 701. The van der Waals surface area contributed by atoms with Gasteiger partial charge >= 0.3 is 6.03 Å². The van der Waals surface area contributed by atoms with Crippen molar-refractivity contribution in [1.29, 1.82) is 0 Å². The normalized spacial score (nSPS) is 14.1. The summed E-state index contributed by atoms with van der Waals surface area (Å²) in [6.07, 6.45) is 0.461. The summed E-state index contributed by atoms with van der Waals surface area (Å²) in [5, 5.41) is 5.29. The summed E-state index contributed by atoms with van der Waals surface area (Å²) in [5.74, 6) is 0.0703. The van der Waals surface area contributed by atoms with Gasteiger partial charge in [-0.2, -0.15) is 0 Å². The number of carbonyl (C=O) groups is 2. The minimum atomic E-state index is -0.217. The lowest BCUT2D eigenvalue weighted by Crippen LogP contribution is -2.36. The predicted molar refractivity (Wildman–Crippen MR) is 90.1 cm³/mol. The van der Waals surface area contributed by atoms with E-state index in [-0.39, 0.29) is 11.9 Å². The van der Waals surface area contributed by atoms with Gasteiger partial charge in [-0.05, 0) is 0 Å². The molecule has 0 aliphatic carbocycles. The van der Waals surface area contributed by atoms with Crippen molar-refractivity contribution < 1.29 is 9.59 Å². The van der Waals surface area contributed by atoms with Crippen LogP contribution in [0.2, 0.25) is 0 Å². The van der Waals surface area contributed by atoms with Crippen LogP contribution in [-0.4, -0.2) is 46.5 Å². The number of nitrogens with zero attached hydrogens (tertiary/aromatic N) is 3. The molecular formula is C16H18N4O2S. The highest BCUT2D eigenvalue weighted by Gasteiger charge is 2.27. The first-order chi connectivity index (χ1) is 11.2. The molecule has 23 heavy (non-hydrogen) atoms. The maximum Gasteiger partial charge on any atom is 0.325 e. The average molecular weight is 330 g/mol. The molecule has 1 aliphatic rings. The second-order valence-corrected chi connectivity index (χ2v) is 6.11. The van der Waals surface area contributed by atoms with Crippen molar-refractivity contribution in [2.75, 3.05) is 25.1 Å². The van der Waals surface area contributed by atoms with Crippen molar-refractivity contribution >= 4 is 28.4 Å². The molecule has 1 fully saturated rings. The fourth-order valence-electron chi connectivity index (χ4n) is 2.43. The monoisotopic (exact) mass is 330 g/mol. The van der Waals surface area contributed by atoms with Crippen LogP contribution < -0.4 is 5.32 Å². The number of rotatable bonds is 3. The molecule has 1 aliphatic heterocycles. The van der Waals surface area contributed by atoms with E-state index >= 15 is 0 Å². The Balaban J connectivity index is 1.61. The molecular weight excluding hydrogens is 312 g/mol. The smallest absolute Gasteiger partial charge is 0.323 e. The van der Waals surface area contributed by atoms with Gasteiger partial charge in [-0.3, -0.25) is 10.1 Å². The van der Waals surface area contributed by atoms with Crippen LogP contribution in [0.1, 0.15) is 13.3 Å². The summed E-state index contributed by atoms with van der Waals surface area (Å²) >= 11 is 1.39. The Kier molecular flexibility index (Phi) is 4.57. The van der Waals surface area contributed by atoms with Crippen molar-refractivity contribution in [2.45, 2.75) is 13.3 Å². The van der Waals surface area contributed by atoms with E-state index in [9.17, 15) is 9.59 Å². The summed E-state index contributed by atoms with van der Waals surface area (Å²) < 4.78 is 0. The van der Waals surface area contributed by atoms with Gasteiger partial charge in [0.15, 0.2) is 5.13 Å². The quantitative estimate of drug-likeness (QED) is 0.941. The largest absolute Gasteiger partial charge is 0.325 e. The lowest BCUT2D eigenvalue weighted by Gasteiger charge is -2.17. The van der Waals surface area contributed by atoms with Crippen LogP contribution in [0.15, 0.2) is 35.7 Å². The van der Waals surface area contributed by atoms with Gasteiger partial charge in [-0.25, -0.2) is 9.78 Å². The third-order valence-electron chi connectivity index (χ3n) is 3.71. The zero-order valence-electron chi connectivity index (χ0n) is 12.9. The molecule has 1 aromatic heterocycles. The van der Waals surface area contributed by atoms with Crippen LogP contribution in [0.3, 0.4) is 0 Å². The summed E-state index contributed by atoms with van der Waals surface area (Å²) in [7, 11) is 0. The second-order valence-electron chi connectivity index (χ2n) is 5.25. The molecule has 3 amide bonds. The number of benzene rings is 1. The van der Waals surface area contributed by atoms with E-state index < -0.39 is 0 Å². The number of amides is 3. The van der Waals surface area contributed by atoms with Gasteiger partial charge < -0.3 is 9.80 Å². The zero-order chi connectivity index (χ0) is 16.2. The van der Waals surface area contributed by atoms with Crippen molar-refractivity contribution in [3.8, 4) is 11.3 Å². The molecule has 0 saturated carbocycles. The Morgan fingerprint density at radius 1 is 1.22 bits per heavy atom. The van der Waals surface area contributed by atoms with Crippen molar-refractivity contribution in [1.82, 2.24) is 14.8 Å². The van der Waals surface area contributed by atoms with Crippen molar-refractivity contribution in [3.05, 3.63) is 35.7 Å². The van der Waals surface area contributed by atoms with Crippen LogP contribution >= 0.6 is 11.3 Å². The van der Waals surface area contributed by atoms with Gasteiger partial charge in [-0.1, -0.05) is 37.3 Å². The lowest BCUT2D eigenvalue weighted by atomic mass is 10.2. The lowest BCUT2D eigenvalue weighted by molar-refractivity contribution is -0.130. The fourth-order valence-corrected chi connectivity index (χ4v) is 3.13. The molecule has 0 spiro atoms. The molecule has 0 radical (unpaired) electrons. The first-order valence-corrected chi connectivity index (χ1v) is 8.40. The average Bonchev–Trinajstić information content (AvgIpc) is 3.24. The highest BCUT2D eigenvalue weighted by Crippen LogP contribution is 2.25. The van der Waals surface area contributed by atoms with Gasteiger partial charge in [0.2, 0.25) is 5.91 Å². The molecule has 2 heterocycles. The van der Waals surface area contributed by atoms with E-state index in [4.69, 9.17) is 0 Å². The highest BCUT2D eigenvalue weighted by atomic mass is 32.1. The van der Waals surface area contributed by atoms with Crippen LogP contribution in [-0.2, 0) is 4.79 Å². The maximum atomic E-state index is 12.3. The summed E-state index contributed by atoms with van der Waals surface area (Å²) in [4.78, 5) is 31.7. The molecule has 7 heteroatoms. The number of carbonyl (C=O) groups excluding carboxylic acids is 2. The van der Waals surface area contributed by atoms with Crippen LogP contribution in [0.25, 0.3) is 11.3 Å². The third kappa shape index (κ3) is 3.50. The molecule has 0 unspecified atom stereocenters. The molecule has 1 aromatic carbocycles. The summed E-state index contributed by atoms with van der Waals surface area (Å²) in [5.41, 5.74) is 1.86. The van der Waals surface area contributed by atoms with Gasteiger partial charge in [0.25, 0.3) is 0 Å². The number of hydrogen-bond acceptors (Lipinski definition) is 4. The van der Waals surface area contributed by atoms with Crippen molar-refractivity contribution in [2.24, 2.45) is 0 Å². The number of hydrogen-bond donors (Lipinski definition) is 1. The van der Waals surface area contributed by atoms with E-state index in [1.807, 2.05) is 42.6 Å². The summed E-state index contributed by atoms with van der Waals surface area (Å²) in [6, 6.07) is 9.61. The van der Waals surface area contributed by atoms with Gasteiger partial charge in [0.1, 0.15) is 0 Å². The Labute approximate surface area is 138 Å². The first-order valence-electron chi connectivity index (χ1n) is 7.52. The molecule has 1 saturated heterocycles. The highest BCUT2D eigenvalue weighted by molar-refractivity contribution is 7.14. The van der Waals surface area contributed by atoms with E-state index in [0.29, 0.717) is 31.3 Å². The zero-order valence-corrected chi connectivity index (χ0v) is 13.7. The minimum absolute atomic E-state index is 0.0703. The number of urea groups is 1. The van der Waals surface area contributed by atoms with Gasteiger partial charge in [0.05, 0.1) is 12.4 Å². The SMILES string of the molecule is CCC(=O)N1CCN(C(=O)Nc2nc(-c3ccccc3)cs2)C1. The molecule has 120 valence electrons. The minimum Gasteiger partial charge on any atom is -0.323 e. The first kappa shape index (κ1) is 15.5. The van der Waals surface area contributed by atoms with Crippen LogP contribution in [0, 0.1) is 0 Å². The van der Waals surface area contributed by atoms with E-state index in [0.717, 1.165) is 11.3 Å². The molecule has 0 atom stereocenters. The molecule has 6 nitrogen and oxygen atoms in total. The molecule has 2 aromatic rings. The third-order valence-corrected chi connectivity index (χ3v) is 4.47. The number of thiazole rings is 1. The van der Waals surface area contributed by atoms with E-state index in [1.165, 1.54) is 11.3 Å². The number of nitrogens with one attached hydrogen (secondary N) is 1. The fraction of sp³-hybridized carbons (Fsp3) is 0.312. The van der Waals surface area contributed by atoms with E-state index in [1.54, 1.807) is 9.80 Å². The molecule has 1 N–H and O–H groups in total. The van der Waals surface area contributed by atoms with Crippen LogP contribution in [0.4, 0.5) is 9.93 Å². The van der Waals surface area contributed by atoms with Crippen LogP contribution in [0.5, 0.6) is 0 Å². The number of aromatic nitrogens is 1. The standard InChI is InChI=1S/C16H18N4O2S/c1-2-14(21)19-8-9-20(11-19)16(22)18-15-17-13(10-23-15)12-6-4-3-5-7-12/h3-7,10H,2,8-9,11H2,1H3,(H,17,18,22). The van der Waals surface area contributed by atoms with E-state index in [2.05, 4.69) is 10.3 Å². The maximum absolute atomic E-state index is 12.3. The molecule has 3 rings (SSSR count). The Morgan fingerprint density at radius 3 is 2.70 bits per heavy atom. The number of anilines is 1. The Hall–Kier alpha value is -2.41. The molecule has 0 bridgehead atoms. The van der Waals surface area contributed by atoms with Gasteiger partial charge in [-0.15, -0.1) is 11.3 Å². The van der Waals surface area contributed by atoms with Gasteiger partial charge in [0, 0.05) is 30.5 Å². The Morgan fingerprint density at radius 2 is 1.96 bits per heavy atom. The topological polar surface area (TPSA) is 65.5 Å².